The van der Waals surface area contributed by atoms with Crippen LogP contribution in [0.3, 0.4) is 0 Å². The number of hydrogen-bond donors (Lipinski definition) is 1. The fourth-order valence-electron chi connectivity index (χ4n) is 2.26. The third-order valence-electron chi connectivity index (χ3n) is 3.36. The van der Waals surface area contributed by atoms with Crippen LogP contribution in [0.2, 0.25) is 0 Å². The monoisotopic (exact) mass is 279 g/mol. The van der Waals surface area contributed by atoms with E-state index in [2.05, 4.69) is 5.10 Å². The number of rotatable bonds is 5. The lowest BCUT2D eigenvalue weighted by Gasteiger charge is -2.14. The zero-order chi connectivity index (χ0) is 14.7. The molecule has 1 unspecified atom stereocenters. The lowest BCUT2D eigenvalue weighted by molar-refractivity contribution is 0.544. The van der Waals surface area contributed by atoms with Gasteiger partial charge in [0, 0.05) is 30.3 Å². The summed E-state index contributed by atoms with van der Waals surface area (Å²) in [5.74, 6) is -0.952. The number of benzene rings is 1. The van der Waals surface area contributed by atoms with Gasteiger partial charge in [0.05, 0.1) is 5.69 Å². The van der Waals surface area contributed by atoms with Crippen LogP contribution in [0.15, 0.2) is 24.3 Å². The third-order valence-corrected chi connectivity index (χ3v) is 3.36. The Morgan fingerprint density at radius 3 is 2.65 bits per heavy atom. The molecule has 0 spiro atoms. The van der Waals surface area contributed by atoms with E-state index in [0.29, 0.717) is 6.42 Å². The molecule has 20 heavy (non-hydrogen) atoms. The summed E-state index contributed by atoms with van der Waals surface area (Å²) in [5, 5.41) is 4.43. The number of nitrogens with zero attached hydrogens (tertiary/aromatic N) is 2. The average Bonchev–Trinajstić information content (AvgIpc) is 2.83. The van der Waals surface area contributed by atoms with E-state index >= 15 is 0 Å². The quantitative estimate of drug-likeness (QED) is 0.914. The topological polar surface area (TPSA) is 43.8 Å². The molecule has 0 aliphatic heterocycles. The minimum Gasteiger partial charge on any atom is -0.324 e. The molecule has 2 aromatic rings. The standard InChI is InChI=1S/C15H19F2N3/c1-3-11-8-12(20(4-2)19-11)9-15(18)13-7-10(16)5-6-14(13)17/h5-8,15H,3-4,9,18H2,1-2H3. The predicted octanol–water partition coefficient (Wildman–Crippen LogP) is 2.99. The molecular formula is C15H19F2N3. The van der Waals surface area contributed by atoms with E-state index in [1.807, 2.05) is 24.6 Å². The molecule has 1 atom stereocenters. The Kier molecular flexibility index (Phi) is 4.49. The third kappa shape index (κ3) is 3.04. The largest absolute Gasteiger partial charge is 0.324 e. The highest BCUT2D eigenvalue weighted by atomic mass is 19.1. The van der Waals surface area contributed by atoms with E-state index in [4.69, 9.17) is 5.73 Å². The first kappa shape index (κ1) is 14.7. The van der Waals surface area contributed by atoms with E-state index < -0.39 is 17.7 Å². The minimum absolute atomic E-state index is 0.201. The van der Waals surface area contributed by atoms with Crippen LogP contribution < -0.4 is 5.73 Å². The highest BCUT2D eigenvalue weighted by molar-refractivity contribution is 5.24. The van der Waals surface area contributed by atoms with Crippen LogP contribution in [0.4, 0.5) is 8.78 Å². The van der Waals surface area contributed by atoms with Gasteiger partial charge in [-0.15, -0.1) is 0 Å². The second-order valence-corrected chi connectivity index (χ2v) is 4.77. The van der Waals surface area contributed by atoms with Gasteiger partial charge in [0.25, 0.3) is 0 Å². The first-order chi connectivity index (χ1) is 9.55. The van der Waals surface area contributed by atoms with Crippen LogP contribution in [0.25, 0.3) is 0 Å². The molecular weight excluding hydrogens is 260 g/mol. The molecule has 5 heteroatoms. The smallest absolute Gasteiger partial charge is 0.128 e. The minimum atomic E-state index is -0.586. The Morgan fingerprint density at radius 1 is 1.25 bits per heavy atom. The van der Waals surface area contributed by atoms with Crippen LogP contribution in [-0.4, -0.2) is 9.78 Å². The molecule has 0 saturated heterocycles. The van der Waals surface area contributed by atoms with Crippen molar-refractivity contribution in [2.24, 2.45) is 5.73 Å². The maximum absolute atomic E-state index is 13.7. The summed E-state index contributed by atoms with van der Waals surface area (Å²) in [6.45, 7) is 4.75. The number of hydrogen-bond acceptors (Lipinski definition) is 2. The lowest BCUT2D eigenvalue weighted by Crippen LogP contribution is -2.17. The second-order valence-electron chi connectivity index (χ2n) is 4.77. The first-order valence-corrected chi connectivity index (χ1v) is 6.81. The number of aromatic nitrogens is 2. The predicted molar refractivity (Wildman–Crippen MR) is 74.3 cm³/mol. The van der Waals surface area contributed by atoms with Gasteiger partial charge in [0.15, 0.2) is 0 Å². The van der Waals surface area contributed by atoms with Gasteiger partial charge in [-0.05, 0) is 37.6 Å². The summed E-state index contributed by atoms with van der Waals surface area (Å²) in [5.41, 5.74) is 8.15. The van der Waals surface area contributed by atoms with Crippen LogP contribution in [0.5, 0.6) is 0 Å². The first-order valence-electron chi connectivity index (χ1n) is 6.81. The van der Waals surface area contributed by atoms with Crippen molar-refractivity contribution >= 4 is 0 Å². The van der Waals surface area contributed by atoms with Gasteiger partial charge in [-0.25, -0.2) is 8.78 Å². The number of nitrogens with two attached hydrogens (primary N) is 1. The fourth-order valence-corrected chi connectivity index (χ4v) is 2.26. The molecule has 108 valence electrons. The van der Waals surface area contributed by atoms with Crippen molar-refractivity contribution < 1.29 is 8.78 Å². The fraction of sp³-hybridized carbons (Fsp3) is 0.400. The van der Waals surface area contributed by atoms with Crippen molar-refractivity contribution in [2.75, 3.05) is 0 Å². The van der Waals surface area contributed by atoms with Crippen molar-refractivity contribution in [1.29, 1.82) is 0 Å². The Balaban J connectivity index is 2.24. The average molecular weight is 279 g/mol. The Morgan fingerprint density at radius 2 is 2.00 bits per heavy atom. The zero-order valence-corrected chi connectivity index (χ0v) is 11.7. The SMILES string of the molecule is CCc1cc(CC(N)c2cc(F)ccc2F)n(CC)n1. The van der Waals surface area contributed by atoms with E-state index in [1.54, 1.807) is 0 Å². The molecule has 0 aliphatic rings. The van der Waals surface area contributed by atoms with Gasteiger partial charge < -0.3 is 5.73 Å². The second kappa shape index (κ2) is 6.13. The van der Waals surface area contributed by atoms with Gasteiger partial charge in [0.2, 0.25) is 0 Å². The molecule has 3 nitrogen and oxygen atoms in total. The molecule has 0 radical (unpaired) electrons. The Bertz CT molecular complexity index is 593. The zero-order valence-electron chi connectivity index (χ0n) is 11.7. The highest BCUT2D eigenvalue weighted by Gasteiger charge is 2.16. The summed E-state index contributed by atoms with van der Waals surface area (Å²) < 4.78 is 28.8. The van der Waals surface area contributed by atoms with Crippen molar-refractivity contribution in [3.8, 4) is 0 Å². The summed E-state index contributed by atoms with van der Waals surface area (Å²) in [7, 11) is 0. The number of aryl methyl sites for hydroxylation is 2. The molecule has 1 aromatic carbocycles. The normalized spacial score (nSPS) is 12.7. The maximum Gasteiger partial charge on any atom is 0.128 e. The number of halogens is 2. The van der Waals surface area contributed by atoms with Crippen molar-refractivity contribution in [3.05, 3.63) is 52.9 Å². The molecule has 0 aliphatic carbocycles. The molecule has 0 saturated carbocycles. The molecule has 0 amide bonds. The molecule has 1 heterocycles. The summed E-state index contributed by atoms with van der Waals surface area (Å²) >= 11 is 0. The van der Waals surface area contributed by atoms with E-state index in [-0.39, 0.29) is 5.56 Å². The summed E-state index contributed by atoms with van der Waals surface area (Å²) in [6.07, 6.45) is 1.27. The van der Waals surface area contributed by atoms with Crippen LogP contribution in [0.1, 0.15) is 36.8 Å². The van der Waals surface area contributed by atoms with Crippen molar-refractivity contribution in [3.63, 3.8) is 0 Å². The molecule has 2 N–H and O–H groups in total. The van der Waals surface area contributed by atoms with Crippen LogP contribution >= 0.6 is 0 Å². The Labute approximate surface area is 117 Å². The summed E-state index contributed by atoms with van der Waals surface area (Å²) in [4.78, 5) is 0. The van der Waals surface area contributed by atoms with Crippen LogP contribution in [0, 0.1) is 11.6 Å². The van der Waals surface area contributed by atoms with Gasteiger partial charge in [-0.2, -0.15) is 5.10 Å². The molecule has 0 bridgehead atoms. The van der Waals surface area contributed by atoms with E-state index in [9.17, 15) is 8.78 Å². The van der Waals surface area contributed by atoms with Crippen molar-refractivity contribution in [1.82, 2.24) is 9.78 Å². The van der Waals surface area contributed by atoms with Gasteiger partial charge >= 0.3 is 0 Å². The van der Waals surface area contributed by atoms with Gasteiger partial charge in [-0.3, -0.25) is 4.68 Å². The van der Waals surface area contributed by atoms with E-state index in [0.717, 1.165) is 42.6 Å². The van der Waals surface area contributed by atoms with Gasteiger partial charge in [0.1, 0.15) is 11.6 Å². The van der Waals surface area contributed by atoms with Gasteiger partial charge in [-0.1, -0.05) is 6.92 Å². The summed E-state index contributed by atoms with van der Waals surface area (Å²) in [6, 6.07) is 4.75. The van der Waals surface area contributed by atoms with Crippen molar-refractivity contribution in [2.45, 2.75) is 39.3 Å². The van der Waals surface area contributed by atoms with E-state index in [1.165, 1.54) is 0 Å². The molecule has 1 aromatic heterocycles. The molecule has 0 fully saturated rings. The maximum atomic E-state index is 13.7. The molecule has 2 rings (SSSR count). The lowest BCUT2D eigenvalue weighted by atomic mass is 10.0. The van der Waals surface area contributed by atoms with Crippen LogP contribution in [-0.2, 0) is 19.4 Å². The highest BCUT2D eigenvalue weighted by Crippen LogP contribution is 2.21. The Hall–Kier alpha value is -1.75.